The van der Waals surface area contributed by atoms with Crippen LogP contribution in [0, 0.1) is 0 Å². The van der Waals surface area contributed by atoms with E-state index in [-0.39, 0.29) is 5.12 Å². The maximum Gasteiger partial charge on any atom is 0.186 e. The molecule has 0 saturated carbocycles. The zero-order valence-corrected chi connectivity index (χ0v) is 10.4. The Kier molecular flexibility index (Phi) is 5.15. The second kappa shape index (κ2) is 6.16. The summed E-state index contributed by atoms with van der Waals surface area (Å²) in [6, 6.07) is 1.67. The Morgan fingerprint density at radius 2 is 2.33 bits per heavy atom. The SMILES string of the molecule is CC(=O)SCC=Cc1c(Cl)ccnc1Cl. The number of aromatic nitrogens is 1. The predicted molar refractivity (Wildman–Crippen MR) is 66.4 cm³/mol. The van der Waals surface area contributed by atoms with Crippen LogP contribution in [0.5, 0.6) is 0 Å². The second-order valence-corrected chi connectivity index (χ2v) is 4.66. The van der Waals surface area contributed by atoms with Gasteiger partial charge in [0.2, 0.25) is 0 Å². The smallest absolute Gasteiger partial charge is 0.186 e. The highest BCUT2D eigenvalue weighted by Gasteiger charge is 2.01. The molecule has 0 unspecified atom stereocenters. The molecule has 0 spiro atoms. The molecule has 2 nitrogen and oxygen atoms in total. The van der Waals surface area contributed by atoms with Crippen molar-refractivity contribution >= 4 is 46.2 Å². The fraction of sp³-hybridized carbons (Fsp3) is 0.200. The summed E-state index contributed by atoms with van der Waals surface area (Å²) in [5.74, 6) is 0.608. The molecule has 0 saturated heterocycles. The molecule has 80 valence electrons. The third kappa shape index (κ3) is 4.24. The van der Waals surface area contributed by atoms with Crippen molar-refractivity contribution < 1.29 is 4.79 Å². The van der Waals surface area contributed by atoms with Gasteiger partial charge in [0.15, 0.2) is 5.12 Å². The summed E-state index contributed by atoms with van der Waals surface area (Å²) in [6.07, 6.45) is 5.15. The minimum absolute atomic E-state index is 0.0861. The quantitative estimate of drug-likeness (QED) is 0.778. The fourth-order valence-corrected chi connectivity index (χ4v) is 1.81. The maximum atomic E-state index is 10.7. The van der Waals surface area contributed by atoms with Gasteiger partial charge < -0.3 is 0 Å². The molecule has 0 aliphatic heterocycles. The normalized spacial score (nSPS) is 10.9. The van der Waals surface area contributed by atoms with E-state index in [1.165, 1.54) is 18.7 Å². The molecule has 0 radical (unpaired) electrons. The first-order valence-corrected chi connectivity index (χ1v) is 5.95. The van der Waals surface area contributed by atoms with Crippen molar-refractivity contribution in [1.29, 1.82) is 0 Å². The summed E-state index contributed by atoms with van der Waals surface area (Å²) in [6.45, 7) is 1.53. The summed E-state index contributed by atoms with van der Waals surface area (Å²) in [5, 5.41) is 1.01. The topological polar surface area (TPSA) is 30.0 Å². The monoisotopic (exact) mass is 261 g/mol. The van der Waals surface area contributed by atoms with Gasteiger partial charge in [-0.2, -0.15) is 0 Å². The van der Waals surface area contributed by atoms with Crippen LogP contribution in [0.2, 0.25) is 10.2 Å². The van der Waals surface area contributed by atoms with Gasteiger partial charge in [-0.3, -0.25) is 4.79 Å². The zero-order chi connectivity index (χ0) is 11.3. The van der Waals surface area contributed by atoms with E-state index in [0.29, 0.717) is 21.5 Å². The van der Waals surface area contributed by atoms with Crippen molar-refractivity contribution in [2.45, 2.75) is 6.92 Å². The Balaban J connectivity index is 2.67. The van der Waals surface area contributed by atoms with Crippen LogP contribution >= 0.6 is 35.0 Å². The average molecular weight is 262 g/mol. The number of carbonyl (C=O) groups excluding carboxylic acids is 1. The van der Waals surface area contributed by atoms with E-state index < -0.39 is 0 Å². The number of nitrogens with zero attached hydrogens (tertiary/aromatic N) is 1. The van der Waals surface area contributed by atoms with Crippen molar-refractivity contribution in [3.05, 3.63) is 34.1 Å². The molecule has 15 heavy (non-hydrogen) atoms. The molecule has 0 amide bonds. The summed E-state index contributed by atoms with van der Waals surface area (Å²) in [7, 11) is 0. The van der Waals surface area contributed by atoms with Crippen LogP contribution in [0.4, 0.5) is 0 Å². The highest BCUT2D eigenvalue weighted by molar-refractivity contribution is 8.13. The lowest BCUT2D eigenvalue weighted by Gasteiger charge is -1.99. The molecule has 1 aromatic heterocycles. The molecule has 0 atom stereocenters. The predicted octanol–water partition coefficient (Wildman–Crippen LogP) is 3.68. The van der Waals surface area contributed by atoms with E-state index >= 15 is 0 Å². The van der Waals surface area contributed by atoms with Gasteiger partial charge in [0, 0.05) is 24.4 Å². The Labute approximate surface area is 103 Å². The van der Waals surface area contributed by atoms with Gasteiger partial charge in [0.05, 0.1) is 5.02 Å². The van der Waals surface area contributed by atoms with Crippen LogP contribution in [-0.2, 0) is 4.79 Å². The molecule has 0 fully saturated rings. The lowest BCUT2D eigenvalue weighted by molar-refractivity contribution is -0.109. The molecule has 0 bridgehead atoms. The van der Waals surface area contributed by atoms with Gasteiger partial charge in [-0.25, -0.2) is 4.98 Å². The molecule has 1 heterocycles. The molecular weight excluding hydrogens is 253 g/mol. The van der Waals surface area contributed by atoms with E-state index in [1.807, 2.05) is 6.08 Å². The number of rotatable bonds is 3. The van der Waals surface area contributed by atoms with Crippen molar-refractivity contribution in [3.8, 4) is 0 Å². The highest BCUT2D eigenvalue weighted by atomic mass is 35.5. The van der Waals surface area contributed by atoms with Gasteiger partial charge in [0.25, 0.3) is 0 Å². The van der Waals surface area contributed by atoms with Gasteiger partial charge in [0.1, 0.15) is 5.15 Å². The molecule has 1 rings (SSSR count). The zero-order valence-electron chi connectivity index (χ0n) is 8.04. The molecule has 0 aliphatic carbocycles. The van der Waals surface area contributed by atoms with Crippen LogP contribution in [0.1, 0.15) is 12.5 Å². The fourth-order valence-electron chi connectivity index (χ4n) is 0.906. The van der Waals surface area contributed by atoms with Crippen LogP contribution in [0.3, 0.4) is 0 Å². The number of thioether (sulfide) groups is 1. The van der Waals surface area contributed by atoms with Gasteiger partial charge >= 0.3 is 0 Å². The molecular formula is C10H9Cl2NOS. The van der Waals surface area contributed by atoms with Crippen molar-refractivity contribution in [3.63, 3.8) is 0 Å². The highest BCUT2D eigenvalue weighted by Crippen LogP contribution is 2.23. The summed E-state index contributed by atoms with van der Waals surface area (Å²) >= 11 is 13.0. The third-order valence-corrected chi connectivity index (χ3v) is 2.95. The average Bonchev–Trinajstić information content (AvgIpc) is 2.15. The van der Waals surface area contributed by atoms with Gasteiger partial charge in [-0.1, -0.05) is 47.1 Å². The minimum atomic E-state index is 0.0861. The number of pyridine rings is 1. The molecule has 0 N–H and O–H groups in total. The molecule has 5 heteroatoms. The van der Waals surface area contributed by atoms with E-state index in [2.05, 4.69) is 4.98 Å². The van der Waals surface area contributed by atoms with Crippen molar-refractivity contribution in [2.24, 2.45) is 0 Å². The molecule has 1 aromatic rings. The van der Waals surface area contributed by atoms with Crippen molar-refractivity contribution in [2.75, 3.05) is 5.75 Å². The molecule has 0 aliphatic rings. The first-order valence-electron chi connectivity index (χ1n) is 4.21. The Morgan fingerprint density at radius 1 is 1.60 bits per heavy atom. The van der Waals surface area contributed by atoms with Crippen LogP contribution in [-0.4, -0.2) is 15.9 Å². The number of hydrogen-bond acceptors (Lipinski definition) is 3. The Bertz CT molecular complexity index is 373. The van der Waals surface area contributed by atoms with Gasteiger partial charge in [-0.05, 0) is 6.07 Å². The first kappa shape index (κ1) is 12.6. The second-order valence-electron chi connectivity index (χ2n) is 2.70. The Morgan fingerprint density at radius 3 is 2.93 bits per heavy atom. The summed E-state index contributed by atoms with van der Waals surface area (Å²) < 4.78 is 0. The molecule has 0 aromatic carbocycles. The number of carbonyl (C=O) groups is 1. The van der Waals surface area contributed by atoms with Gasteiger partial charge in [-0.15, -0.1) is 0 Å². The van der Waals surface area contributed by atoms with Crippen LogP contribution < -0.4 is 0 Å². The van der Waals surface area contributed by atoms with E-state index in [1.54, 1.807) is 18.3 Å². The third-order valence-electron chi connectivity index (χ3n) is 1.56. The largest absolute Gasteiger partial charge is 0.288 e. The number of halogens is 2. The summed E-state index contributed by atoms with van der Waals surface area (Å²) in [5.41, 5.74) is 0.685. The lowest BCUT2D eigenvalue weighted by atomic mass is 10.2. The Hall–Kier alpha value is -0.510. The van der Waals surface area contributed by atoms with E-state index in [9.17, 15) is 4.79 Å². The van der Waals surface area contributed by atoms with Crippen molar-refractivity contribution in [1.82, 2.24) is 4.98 Å². The van der Waals surface area contributed by atoms with Crippen LogP contribution in [0.15, 0.2) is 18.3 Å². The lowest BCUT2D eigenvalue weighted by Crippen LogP contribution is -1.84. The summed E-state index contributed by atoms with van der Waals surface area (Å²) in [4.78, 5) is 14.6. The standard InChI is InChI=1S/C10H9Cl2NOS/c1-7(14)15-6-2-3-8-9(11)4-5-13-10(8)12/h2-5H,6H2,1H3. The minimum Gasteiger partial charge on any atom is -0.288 e. The van der Waals surface area contributed by atoms with E-state index in [0.717, 1.165) is 0 Å². The van der Waals surface area contributed by atoms with Crippen LogP contribution in [0.25, 0.3) is 6.08 Å². The maximum absolute atomic E-state index is 10.7. The van der Waals surface area contributed by atoms with E-state index in [4.69, 9.17) is 23.2 Å². The number of hydrogen-bond donors (Lipinski definition) is 0. The first-order chi connectivity index (χ1) is 7.11.